The van der Waals surface area contributed by atoms with Gasteiger partial charge >= 0.3 is 12.0 Å². The lowest BCUT2D eigenvalue weighted by Crippen LogP contribution is -2.30. The molecule has 3 amide bonds. The first-order valence-electron chi connectivity index (χ1n) is 9.95. The molecule has 0 spiro atoms. The fraction of sp³-hybridized carbons (Fsp3) is 0.0909. The lowest BCUT2D eigenvalue weighted by Gasteiger charge is -2.11. The number of methoxy groups -OCH3 is 1. The molecule has 1 aliphatic heterocycles. The highest BCUT2D eigenvalue weighted by atomic mass is 79.9. The molecule has 12 nitrogen and oxygen atoms in total. The van der Waals surface area contributed by atoms with Gasteiger partial charge in [0.15, 0.2) is 5.75 Å². The number of furan rings is 1. The second-order valence-electron chi connectivity index (χ2n) is 7.16. The Balaban J connectivity index is 1.60. The van der Waals surface area contributed by atoms with Gasteiger partial charge < -0.3 is 19.2 Å². The molecule has 36 heavy (non-hydrogen) atoms. The molecule has 1 N–H and O–H groups in total. The van der Waals surface area contributed by atoms with E-state index >= 15 is 0 Å². The maximum atomic E-state index is 12.9. The number of hydrogen-bond donors (Lipinski definition) is 1. The Hall–Kier alpha value is -4.23. The van der Waals surface area contributed by atoms with Gasteiger partial charge in [-0.2, -0.15) is 0 Å². The molecule has 2 aromatic heterocycles. The van der Waals surface area contributed by atoms with Crippen molar-refractivity contribution >= 4 is 57.2 Å². The van der Waals surface area contributed by atoms with Crippen molar-refractivity contribution in [3.05, 3.63) is 85.0 Å². The van der Waals surface area contributed by atoms with Crippen molar-refractivity contribution in [2.24, 2.45) is 0 Å². The van der Waals surface area contributed by atoms with E-state index in [0.717, 1.165) is 11.1 Å². The third-order valence-electron chi connectivity index (χ3n) is 4.80. The van der Waals surface area contributed by atoms with Crippen molar-refractivity contribution in [2.45, 2.75) is 6.54 Å². The van der Waals surface area contributed by atoms with E-state index in [0.29, 0.717) is 15.1 Å². The molecule has 4 rings (SSSR count). The van der Waals surface area contributed by atoms with E-state index < -0.39 is 22.8 Å². The van der Waals surface area contributed by atoms with Gasteiger partial charge in [-0.05, 0) is 46.3 Å². The Labute approximate surface area is 215 Å². The van der Waals surface area contributed by atoms with Gasteiger partial charge in [-0.1, -0.05) is 11.6 Å². The zero-order valence-corrected chi connectivity index (χ0v) is 20.5. The summed E-state index contributed by atoms with van der Waals surface area (Å²) < 4.78 is 16.1. The van der Waals surface area contributed by atoms with Crippen LogP contribution in [-0.2, 0) is 16.1 Å². The quantitative estimate of drug-likeness (QED) is 0.139. The van der Waals surface area contributed by atoms with E-state index in [9.17, 15) is 24.5 Å². The molecule has 1 aliphatic rings. The fourth-order valence-corrected chi connectivity index (χ4v) is 4.06. The van der Waals surface area contributed by atoms with Crippen LogP contribution in [0.3, 0.4) is 0 Å². The average molecular weight is 578 g/mol. The van der Waals surface area contributed by atoms with E-state index in [4.69, 9.17) is 20.8 Å². The Morgan fingerprint density at radius 2 is 2.08 bits per heavy atom. The number of amides is 3. The highest BCUT2D eigenvalue weighted by molar-refractivity contribution is 9.10. The van der Waals surface area contributed by atoms with Crippen LogP contribution in [-0.4, -0.2) is 39.8 Å². The summed E-state index contributed by atoms with van der Waals surface area (Å²) in [4.78, 5) is 52.0. The van der Waals surface area contributed by atoms with E-state index in [-0.39, 0.29) is 41.1 Å². The Morgan fingerprint density at radius 3 is 2.75 bits per heavy atom. The number of esters is 1. The zero-order valence-electron chi connectivity index (χ0n) is 18.2. The molecule has 3 aromatic rings. The topological polar surface area (TPSA) is 154 Å². The summed E-state index contributed by atoms with van der Waals surface area (Å²) in [5.74, 6) is -0.986. The predicted molar refractivity (Wildman–Crippen MR) is 127 cm³/mol. The Morgan fingerprint density at radius 1 is 1.31 bits per heavy atom. The van der Waals surface area contributed by atoms with Crippen molar-refractivity contribution in [1.29, 1.82) is 0 Å². The van der Waals surface area contributed by atoms with E-state index in [2.05, 4.69) is 31.0 Å². The van der Waals surface area contributed by atoms with Gasteiger partial charge in [0.2, 0.25) is 11.6 Å². The summed E-state index contributed by atoms with van der Waals surface area (Å²) in [5.41, 5.74) is 0.0240. The molecular weight excluding hydrogens is 564 g/mol. The highest BCUT2D eigenvalue weighted by Gasteiger charge is 2.34. The van der Waals surface area contributed by atoms with Crippen LogP contribution in [0.1, 0.15) is 21.9 Å². The normalized spacial score (nSPS) is 14.2. The second kappa shape index (κ2) is 10.2. The number of imide groups is 1. The molecule has 1 aromatic carbocycles. The number of urea groups is 1. The lowest BCUT2D eigenvalue weighted by atomic mass is 10.1. The van der Waals surface area contributed by atoms with Crippen LogP contribution < -0.4 is 10.1 Å². The average Bonchev–Trinajstić information content (AvgIpc) is 3.41. The van der Waals surface area contributed by atoms with Gasteiger partial charge in [-0.15, -0.1) is 0 Å². The van der Waals surface area contributed by atoms with Gasteiger partial charge in [-0.25, -0.2) is 14.6 Å². The van der Waals surface area contributed by atoms with Gasteiger partial charge in [0, 0.05) is 22.7 Å². The predicted octanol–water partition coefficient (Wildman–Crippen LogP) is 4.67. The number of rotatable bonds is 7. The summed E-state index contributed by atoms with van der Waals surface area (Å²) in [6, 6.07) is 7.69. The number of carbonyl (C=O) groups excluding carboxylic acids is 3. The molecule has 0 radical (unpaired) electrons. The first-order chi connectivity index (χ1) is 17.2. The minimum absolute atomic E-state index is 0.0471. The minimum atomic E-state index is -0.706. The third-order valence-corrected chi connectivity index (χ3v) is 5.61. The molecule has 1 fully saturated rings. The maximum Gasteiger partial charge on any atom is 0.373 e. The van der Waals surface area contributed by atoms with Crippen molar-refractivity contribution in [1.82, 2.24) is 15.2 Å². The number of benzene rings is 1. The number of aromatic nitrogens is 1. The van der Waals surface area contributed by atoms with E-state index in [1.165, 1.54) is 43.5 Å². The first-order valence-corrected chi connectivity index (χ1v) is 11.1. The van der Waals surface area contributed by atoms with Gasteiger partial charge in [-0.3, -0.25) is 19.8 Å². The molecule has 0 aliphatic carbocycles. The molecule has 184 valence electrons. The van der Waals surface area contributed by atoms with Gasteiger partial charge in [0.1, 0.15) is 17.7 Å². The lowest BCUT2D eigenvalue weighted by molar-refractivity contribution is -0.385. The van der Waals surface area contributed by atoms with Crippen molar-refractivity contribution in [2.75, 3.05) is 7.11 Å². The van der Waals surface area contributed by atoms with Crippen molar-refractivity contribution < 1.29 is 33.2 Å². The molecule has 0 saturated carbocycles. The molecule has 1 saturated heterocycles. The molecule has 14 heteroatoms. The van der Waals surface area contributed by atoms with Gasteiger partial charge in [0.25, 0.3) is 11.6 Å². The van der Waals surface area contributed by atoms with Crippen LogP contribution in [0.2, 0.25) is 5.02 Å². The first kappa shape index (κ1) is 24.9. The monoisotopic (exact) mass is 576 g/mol. The van der Waals surface area contributed by atoms with Crippen LogP contribution in [0.15, 0.2) is 57.2 Å². The number of ether oxygens (including phenoxy) is 2. The number of hydrogen-bond acceptors (Lipinski definition) is 9. The molecule has 3 heterocycles. The summed E-state index contributed by atoms with van der Waals surface area (Å²) in [5, 5.41) is 13.6. The molecule has 0 bridgehead atoms. The van der Waals surface area contributed by atoms with Crippen molar-refractivity contribution in [3.8, 4) is 11.6 Å². The van der Waals surface area contributed by atoms with Crippen LogP contribution in [0.4, 0.5) is 10.5 Å². The van der Waals surface area contributed by atoms with Crippen LogP contribution in [0.25, 0.3) is 6.08 Å². The smallest absolute Gasteiger partial charge is 0.373 e. The summed E-state index contributed by atoms with van der Waals surface area (Å²) in [7, 11) is 1.20. The van der Waals surface area contributed by atoms with E-state index in [1.54, 1.807) is 6.07 Å². The third kappa shape index (κ3) is 5.21. The largest absolute Gasteiger partial charge is 0.463 e. The van der Waals surface area contributed by atoms with Gasteiger partial charge in [0.05, 0.1) is 23.1 Å². The molecular formula is C22H14BrClN4O8. The number of nitrogens with zero attached hydrogens (tertiary/aromatic N) is 3. The number of nitro groups is 1. The Bertz CT molecular complexity index is 1420. The van der Waals surface area contributed by atoms with Crippen molar-refractivity contribution in [3.63, 3.8) is 0 Å². The highest BCUT2D eigenvalue weighted by Crippen LogP contribution is 2.37. The number of pyridine rings is 1. The summed E-state index contributed by atoms with van der Waals surface area (Å²) in [6.45, 7) is -0.228. The standard InChI is InChI=1S/C22H14BrClN4O8/c1-34-21(30)17-4-3-14(35-17)10-27-20(29)16(26-22(27)31)7-11-6-12(24)8-15(23)19(11)36-18-5-2-13(9-25-18)28(32)33/h2-9H,10H2,1H3,(H,26,31)/b16-7-. The van der Waals surface area contributed by atoms with Crippen LogP contribution >= 0.6 is 27.5 Å². The number of halogens is 2. The molecule has 0 unspecified atom stereocenters. The summed E-state index contributed by atoms with van der Waals surface area (Å²) >= 11 is 9.51. The number of nitrogens with one attached hydrogen (secondary N) is 1. The zero-order chi connectivity index (χ0) is 26.0. The second-order valence-corrected chi connectivity index (χ2v) is 8.45. The maximum absolute atomic E-state index is 12.9. The molecule has 0 atom stereocenters. The van der Waals surface area contributed by atoms with E-state index in [1.807, 2.05) is 0 Å². The number of carbonyl (C=O) groups is 3. The SMILES string of the molecule is COC(=O)c1ccc(CN2C(=O)N/C(=C\c3cc(Cl)cc(Br)c3Oc3ccc([N+](=O)[O-])cn3)C2=O)o1. The van der Waals surface area contributed by atoms with Crippen LogP contribution in [0, 0.1) is 10.1 Å². The summed E-state index contributed by atoms with van der Waals surface area (Å²) in [6.07, 6.45) is 2.40. The minimum Gasteiger partial charge on any atom is -0.463 e. The Kier molecular flexibility index (Phi) is 7.03. The van der Waals surface area contributed by atoms with Crippen LogP contribution in [0.5, 0.6) is 11.6 Å². The fourth-order valence-electron chi connectivity index (χ4n) is 3.14.